The van der Waals surface area contributed by atoms with Crippen LogP contribution in [0.3, 0.4) is 0 Å². The number of benzene rings is 1. The van der Waals surface area contributed by atoms with E-state index in [1.165, 1.54) is 0 Å². The Kier molecular flexibility index (Phi) is 4.71. The van der Waals surface area contributed by atoms with Crippen molar-refractivity contribution in [2.24, 2.45) is 0 Å². The van der Waals surface area contributed by atoms with Crippen LogP contribution in [0.15, 0.2) is 28.7 Å². The Bertz CT molecular complexity index is 556. The van der Waals surface area contributed by atoms with E-state index in [4.69, 9.17) is 13.9 Å². The second-order valence-corrected chi connectivity index (χ2v) is 4.38. The van der Waals surface area contributed by atoms with E-state index in [1.807, 2.05) is 25.1 Å². The van der Waals surface area contributed by atoms with Gasteiger partial charge in [-0.2, -0.15) is 0 Å². The number of hydrogen-bond acceptors (Lipinski definition) is 4. The molecule has 0 aliphatic rings. The predicted octanol–water partition coefficient (Wildman–Crippen LogP) is 2.98. The van der Waals surface area contributed by atoms with E-state index in [1.54, 1.807) is 13.2 Å². The summed E-state index contributed by atoms with van der Waals surface area (Å²) in [5.74, 6) is 0.368. The Balaban J connectivity index is 1.96. The highest BCUT2D eigenvalue weighted by Gasteiger charge is 2.12. The molecule has 1 aromatic heterocycles. The van der Waals surface area contributed by atoms with Gasteiger partial charge in [-0.25, -0.2) is 0 Å². The Morgan fingerprint density at radius 2 is 2.11 bits per heavy atom. The molecule has 19 heavy (non-hydrogen) atoms. The summed E-state index contributed by atoms with van der Waals surface area (Å²) >= 11 is 0. The minimum absolute atomic E-state index is 0.0342. The standard InChI is InChI=1S/C15H18O4/c1-11-4-3-5-12-10-14(19-15(11)12)13(16)6-7-18-9-8-17-2/h3-5,10H,6-9H2,1-2H3. The van der Waals surface area contributed by atoms with Crippen LogP contribution in [-0.4, -0.2) is 32.7 Å². The van der Waals surface area contributed by atoms with Gasteiger partial charge in [-0.15, -0.1) is 0 Å². The number of rotatable bonds is 7. The lowest BCUT2D eigenvalue weighted by Gasteiger charge is -2.01. The quantitative estimate of drug-likeness (QED) is 0.568. The van der Waals surface area contributed by atoms with Crippen molar-refractivity contribution in [2.45, 2.75) is 13.3 Å². The maximum atomic E-state index is 12.0. The van der Waals surface area contributed by atoms with Crippen molar-refractivity contribution in [2.75, 3.05) is 26.9 Å². The van der Waals surface area contributed by atoms with Crippen molar-refractivity contribution in [3.05, 3.63) is 35.6 Å². The SMILES string of the molecule is COCCOCCC(=O)c1cc2cccc(C)c2o1. The zero-order valence-electron chi connectivity index (χ0n) is 11.3. The van der Waals surface area contributed by atoms with E-state index in [0.717, 1.165) is 16.5 Å². The van der Waals surface area contributed by atoms with Crippen LogP contribution >= 0.6 is 0 Å². The van der Waals surface area contributed by atoms with Gasteiger partial charge in [0.2, 0.25) is 0 Å². The van der Waals surface area contributed by atoms with Gasteiger partial charge < -0.3 is 13.9 Å². The first-order chi connectivity index (χ1) is 9.22. The molecule has 0 aliphatic heterocycles. The lowest BCUT2D eigenvalue weighted by molar-refractivity contribution is 0.0632. The number of aryl methyl sites for hydroxylation is 1. The summed E-state index contributed by atoms with van der Waals surface area (Å²) < 4.78 is 15.7. The van der Waals surface area contributed by atoms with Crippen LogP contribution in [0, 0.1) is 6.92 Å². The van der Waals surface area contributed by atoms with Crippen LogP contribution in [-0.2, 0) is 9.47 Å². The number of ketones is 1. The Hall–Kier alpha value is -1.65. The predicted molar refractivity (Wildman–Crippen MR) is 72.6 cm³/mol. The van der Waals surface area contributed by atoms with Gasteiger partial charge in [0.05, 0.1) is 19.8 Å². The molecule has 4 nitrogen and oxygen atoms in total. The number of methoxy groups -OCH3 is 1. The number of hydrogen-bond donors (Lipinski definition) is 0. The number of ether oxygens (including phenoxy) is 2. The molecule has 0 fully saturated rings. The summed E-state index contributed by atoms with van der Waals surface area (Å²) in [7, 11) is 1.62. The molecule has 0 N–H and O–H groups in total. The van der Waals surface area contributed by atoms with Crippen LogP contribution in [0.1, 0.15) is 22.5 Å². The number of Topliss-reactive ketones (excluding diaryl/α,β-unsaturated/α-hetero) is 1. The minimum Gasteiger partial charge on any atom is -0.453 e. The maximum absolute atomic E-state index is 12.0. The number of para-hydroxylation sites is 1. The van der Waals surface area contributed by atoms with Gasteiger partial charge in [0.15, 0.2) is 11.5 Å². The zero-order chi connectivity index (χ0) is 13.7. The fraction of sp³-hybridized carbons (Fsp3) is 0.400. The van der Waals surface area contributed by atoms with E-state index in [2.05, 4.69) is 0 Å². The molecule has 0 atom stereocenters. The molecule has 0 aliphatic carbocycles. The van der Waals surface area contributed by atoms with Gasteiger partial charge in [-0.1, -0.05) is 18.2 Å². The van der Waals surface area contributed by atoms with Crippen molar-refractivity contribution in [3.8, 4) is 0 Å². The Morgan fingerprint density at radius 3 is 2.84 bits per heavy atom. The topological polar surface area (TPSA) is 48.7 Å². The first-order valence-electron chi connectivity index (χ1n) is 6.31. The number of carbonyl (C=O) groups is 1. The lowest BCUT2D eigenvalue weighted by Crippen LogP contribution is -2.07. The third-order valence-corrected chi connectivity index (χ3v) is 2.92. The number of fused-ring (bicyclic) bond motifs is 1. The summed E-state index contributed by atoms with van der Waals surface area (Å²) in [6.45, 7) is 3.40. The average molecular weight is 262 g/mol. The maximum Gasteiger partial charge on any atom is 0.200 e. The summed E-state index contributed by atoms with van der Waals surface area (Å²) in [6.07, 6.45) is 0.322. The minimum atomic E-state index is -0.0342. The van der Waals surface area contributed by atoms with Crippen molar-refractivity contribution in [1.82, 2.24) is 0 Å². The van der Waals surface area contributed by atoms with Crippen LogP contribution < -0.4 is 0 Å². The monoisotopic (exact) mass is 262 g/mol. The van der Waals surface area contributed by atoms with Gasteiger partial charge in [0.25, 0.3) is 0 Å². The second kappa shape index (κ2) is 6.50. The van der Waals surface area contributed by atoms with Gasteiger partial charge in [0.1, 0.15) is 5.58 Å². The molecular weight excluding hydrogens is 244 g/mol. The Labute approximate surface area is 112 Å². The van der Waals surface area contributed by atoms with E-state index in [-0.39, 0.29) is 5.78 Å². The number of carbonyl (C=O) groups excluding carboxylic acids is 1. The third kappa shape index (κ3) is 3.43. The highest BCUT2D eigenvalue weighted by atomic mass is 16.5. The van der Waals surface area contributed by atoms with Gasteiger partial charge >= 0.3 is 0 Å². The largest absolute Gasteiger partial charge is 0.453 e. The van der Waals surface area contributed by atoms with Gasteiger partial charge in [-0.3, -0.25) is 4.79 Å². The van der Waals surface area contributed by atoms with Gasteiger partial charge in [-0.05, 0) is 18.6 Å². The smallest absolute Gasteiger partial charge is 0.200 e. The summed E-state index contributed by atoms with van der Waals surface area (Å²) in [4.78, 5) is 12.0. The fourth-order valence-electron chi connectivity index (χ4n) is 1.88. The van der Waals surface area contributed by atoms with E-state index in [0.29, 0.717) is 32.0 Å². The molecule has 0 saturated carbocycles. The summed E-state index contributed by atoms with van der Waals surface area (Å²) in [6, 6.07) is 7.65. The van der Waals surface area contributed by atoms with Gasteiger partial charge in [0, 0.05) is 18.9 Å². The lowest BCUT2D eigenvalue weighted by atomic mass is 10.1. The van der Waals surface area contributed by atoms with Crippen LogP contribution in [0.5, 0.6) is 0 Å². The number of furan rings is 1. The molecule has 0 bridgehead atoms. The summed E-state index contributed by atoms with van der Waals surface area (Å²) in [5.41, 5.74) is 1.82. The first-order valence-corrected chi connectivity index (χ1v) is 6.31. The zero-order valence-corrected chi connectivity index (χ0v) is 11.3. The Morgan fingerprint density at radius 1 is 1.26 bits per heavy atom. The molecule has 0 amide bonds. The van der Waals surface area contributed by atoms with E-state index >= 15 is 0 Å². The normalized spacial score (nSPS) is 11.1. The molecule has 0 saturated heterocycles. The van der Waals surface area contributed by atoms with E-state index < -0.39 is 0 Å². The highest BCUT2D eigenvalue weighted by molar-refractivity contribution is 5.98. The van der Waals surface area contributed by atoms with Crippen molar-refractivity contribution < 1.29 is 18.7 Å². The molecule has 0 unspecified atom stereocenters. The second-order valence-electron chi connectivity index (χ2n) is 4.38. The van der Waals surface area contributed by atoms with E-state index in [9.17, 15) is 4.79 Å². The molecule has 0 radical (unpaired) electrons. The molecule has 4 heteroatoms. The van der Waals surface area contributed by atoms with Crippen molar-refractivity contribution in [3.63, 3.8) is 0 Å². The fourth-order valence-corrected chi connectivity index (χ4v) is 1.88. The van der Waals surface area contributed by atoms with Crippen LogP contribution in [0.25, 0.3) is 11.0 Å². The van der Waals surface area contributed by atoms with Crippen molar-refractivity contribution >= 4 is 16.8 Å². The van der Waals surface area contributed by atoms with Crippen LogP contribution in [0.4, 0.5) is 0 Å². The van der Waals surface area contributed by atoms with Crippen LogP contribution in [0.2, 0.25) is 0 Å². The molecule has 1 heterocycles. The van der Waals surface area contributed by atoms with Crippen molar-refractivity contribution in [1.29, 1.82) is 0 Å². The average Bonchev–Trinajstić information content (AvgIpc) is 2.84. The molecule has 102 valence electrons. The molecule has 1 aromatic carbocycles. The first kappa shape index (κ1) is 13.8. The summed E-state index contributed by atoms with van der Waals surface area (Å²) in [5, 5.41) is 0.962. The molecule has 0 spiro atoms. The molecule has 2 aromatic rings. The highest BCUT2D eigenvalue weighted by Crippen LogP contribution is 2.23. The molecular formula is C15H18O4. The third-order valence-electron chi connectivity index (χ3n) is 2.92. The molecule has 2 rings (SSSR count).